The standard InChI is InChI=1S/C11H21NO3S/c1-3-4-9(2)7-16-6-5-10(11(14)15)12-8-13/h8-10H,3-7H2,1-2H3,(H,12,13)(H,14,15). The van der Waals surface area contributed by atoms with Gasteiger partial charge >= 0.3 is 5.97 Å². The fourth-order valence-corrected chi connectivity index (χ4v) is 2.56. The lowest BCUT2D eigenvalue weighted by Gasteiger charge is -2.12. The zero-order chi connectivity index (χ0) is 12.4. The van der Waals surface area contributed by atoms with Gasteiger partial charge in [-0.15, -0.1) is 0 Å². The van der Waals surface area contributed by atoms with Crippen LogP contribution in [0, 0.1) is 5.92 Å². The van der Waals surface area contributed by atoms with Crippen molar-refractivity contribution in [2.24, 2.45) is 5.92 Å². The molecular weight excluding hydrogens is 226 g/mol. The van der Waals surface area contributed by atoms with Gasteiger partial charge < -0.3 is 10.4 Å². The smallest absolute Gasteiger partial charge is 0.326 e. The lowest BCUT2D eigenvalue weighted by Crippen LogP contribution is -2.36. The minimum absolute atomic E-state index is 0.448. The van der Waals surface area contributed by atoms with Crippen LogP contribution >= 0.6 is 11.8 Å². The molecule has 0 aliphatic carbocycles. The van der Waals surface area contributed by atoms with Crippen molar-refractivity contribution in [3.63, 3.8) is 0 Å². The molecule has 5 heteroatoms. The summed E-state index contributed by atoms with van der Waals surface area (Å²) in [6.45, 7) is 4.37. The zero-order valence-corrected chi connectivity index (χ0v) is 10.8. The Morgan fingerprint density at radius 2 is 2.19 bits per heavy atom. The maximum absolute atomic E-state index is 10.7. The molecule has 0 spiro atoms. The molecule has 0 fully saturated rings. The van der Waals surface area contributed by atoms with Gasteiger partial charge in [0, 0.05) is 0 Å². The van der Waals surface area contributed by atoms with Gasteiger partial charge in [0.05, 0.1) is 0 Å². The topological polar surface area (TPSA) is 66.4 Å². The highest BCUT2D eigenvalue weighted by atomic mass is 32.2. The predicted octanol–water partition coefficient (Wildman–Crippen LogP) is 1.75. The number of carbonyl (C=O) groups excluding carboxylic acids is 1. The van der Waals surface area contributed by atoms with Crippen LogP contribution in [0.15, 0.2) is 0 Å². The highest BCUT2D eigenvalue weighted by Gasteiger charge is 2.15. The van der Waals surface area contributed by atoms with Gasteiger partial charge in [0.25, 0.3) is 0 Å². The summed E-state index contributed by atoms with van der Waals surface area (Å²) < 4.78 is 0. The number of amides is 1. The highest BCUT2D eigenvalue weighted by Crippen LogP contribution is 2.14. The van der Waals surface area contributed by atoms with Crippen molar-refractivity contribution in [3.8, 4) is 0 Å². The van der Waals surface area contributed by atoms with Crippen LogP contribution < -0.4 is 5.32 Å². The Morgan fingerprint density at radius 3 is 2.69 bits per heavy atom. The van der Waals surface area contributed by atoms with Gasteiger partial charge in [0.2, 0.25) is 6.41 Å². The van der Waals surface area contributed by atoms with Crippen LogP contribution in [0.1, 0.15) is 33.1 Å². The van der Waals surface area contributed by atoms with Crippen molar-refractivity contribution in [2.75, 3.05) is 11.5 Å². The van der Waals surface area contributed by atoms with Crippen molar-refractivity contribution in [1.29, 1.82) is 0 Å². The van der Waals surface area contributed by atoms with Crippen molar-refractivity contribution < 1.29 is 14.7 Å². The summed E-state index contributed by atoms with van der Waals surface area (Å²) in [6, 6.07) is -0.744. The molecule has 0 aromatic rings. The number of rotatable bonds is 10. The third-order valence-corrected chi connectivity index (χ3v) is 3.63. The molecule has 16 heavy (non-hydrogen) atoms. The first-order valence-corrected chi connectivity index (χ1v) is 6.77. The second kappa shape index (κ2) is 9.51. The fraction of sp³-hybridized carbons (Fsp3) is 0.818. The van der Waals surface area contributed by atoms with Crippen molar-refractivity contribution in [3.05, 3.63) is 0 Å². The van der Waals surface area contributed by atoms with E-state index in [1.54, 1.807) is 11.8 Å². The number of thioether (sulfide) groups is 1. The molecule has 4 nitrogen and oxygen atoms in total. The SMILES string of the molecule is CCCC(C)CSCCC(NC=O)C(=O)O. The van der Waals surface area contributed by atoms with Gasteiger partial charge in [-0.05, 0) is 23.8 Å². The first kappa shape index (κ1) is 15.3. The molecule has 0 heterocycles. The first-order chi connectivity index (χ1) is 7.61. The summed E-state index contributed by atoms with van der Waals surface area (Å²) in [7, 11) is 0. The molecule has 0 aliphatic heterocycles. The predicted molar refractivity (Wildman–Crippen MR) is 66.6 cm³/mol. The van der Waals surface area contributed by atoms with Crippen LogP contribution in [0.25, 0.3) is 0 Å². The summed E-state index contributed by atoms with van der Waals surface area (Å²) in [5.74, 6) is 1.54. The van der Waals surface area contributed by atoms with E-state index >= 15 is 0 Å². The van der Waals surface area contributed by atoms with Crippen LogP contribution in [-0.4, -0.2) is 35.0 Å². The Bertz CT molecular complexity index is 211. The summed E-state index contributed by atoms with van der Waals surface area (Å²) in [5.41, 5.74) is 0. The van der Waals surface area contributed by atoms with Crippen molar-refractivity contribution in [2.45, 2.75) is 39.2 Å². The van der Waals surface area contributed by atoms with E-state index in [1.807, 2.05) is 0 Å². The Hall–Kier alpha value is -0.710. The second-order valence-corrected chi connectivity index (χ2v) is 5.08. The third-order valence-electron chi connectivity index (χ3n) is 2.30. The number of carboxylic acids is 1. The molecule has 94 valence electrons. The number of aliphatic carboxylic acids is 1. The maximum atomic E-state index is 10.7. The van der Waals surface area contributed by atoms with E-state index in [-0.39, 0.29) is 0 Å². The van der Waals surface area contributed by atoms with E-state index in [0.29, 0.717) is 18.7 Å². The van der Waals surface area contributed by atoms with E-state index in [0.717, 1.165) is 11.5 Å². The van der Waals surface area contributed by atoms with Crippen LogP contribution in [-0.2, 0) is 9.59 Å². The Balaban J connectivity index is 3.61. The molecule has 0 saturated carbocycles. The molecule has 0 rings (SSSR count). The Labute approximate surface area is 101 Å². The number of carbonyl (C=O) groups is 2. The number of hydrogen-bond acceptors (Lipinski definition) is 3. The average molecular weight is 247 g/mol. The minimum atomic E-state index is -0.964. The highest BCUT2D eigenvalue weighted by molar-refractivity contribution is 7.99. The summed E-state index contributed by atoms with van der Waals surface area (Å²) >= 11 is 1.75. The molecule has 2 atom stereocenters. The number of carboxylic acid groups (broad SMARTS) is 1. The van der Waals surface area contributed by atoms with Crippen LogP contribution in [0.2, 0.25) is 0 Å². The van der Waals surface area contributed by atoms with Crippen molar-refractivity contribution >= 4 is 24.1 Å². The van der Waals surface area contributed by atoms with Crippen molar-refractivity contribution in [1.82, 2.24) is 5.32 Å². The van der Waals surface area contributed by atoms with Gasteiger partial charge in [0.15, 0.2) is 0 Å². The largest absolute Gasteiger partial charge is 0.480 e. The Morgan fingerprint density at radius 1 is 1.50 bits per heavy atom. The average Bonchev–Trinajstić information content (AvgIpc) is 2.22. The van der Waals surface area contributed by atoms with E-state index < -0.39 is 12.0 Å². The second-order valence-electron chi connectivity index (χ2n) is 3.93. The van der Waals surface area contributed by atoms with E-state index in [1.165, 1.54) is 12.8 Å². The molecule has 2 N–H and O–H groups in total. The lowest BCUT2D eigenvalue weighted by atomic mass is 10.1. The molecule has 0 radical (unpaired) electrons. The third kappa shape index (κ3) is 7.56. The maximum Gasteiger partial charge on any atom is 0.326 e. The van der Waals surface area contributed by atoms with Crippen LogP contribution in [0.5, 0.6) is 0 Å². The van der Waals surface area contributed by atoms with E-state index in [4.69, 9.17) is 5.11 Å². The summed E-state index contributed by atoms with van der Waals surface area (Å²) in [5, 5.41) is 11.1. The number of hydrogen-bond donors (Lipinski definition) is 2. The van der Waals surface area contributed by atoms with Gasteiger partial charge in [-0.25, -0.2) is 4.79 Å². The normalized spacial score (nSPS) is 14.1. The molecule has 0 saturated heterocycles. The minimum Gasteiger partial charge on any atom is -0.480 e. The monoisotopic (exact) mass is 247 g/mol. The quantitative estimate of drug-likeness (QED) is 0.456. The fourth-order valence-electron chi connectivity index (χ4n) is 1.42. The molecular formula is C11H21NO3S. The molecule has 0 aromatic carbocycles. The molecule has 2 unspecified atom stereocenters. The molecule has 0 bridgehead atoms. The lowest BCUT2D eigenvalue weighted by molar-refractivity contribution is -0.140. The van der Waals surface area contributed by atoms with Gasteiger partial charge in [-0.3, -0.25) is 4.79 Å². The van der Waals surface area contributed by atoms with Crippen LogP contribution in [0.4, 0.5) is 0 Å². The molecule has 0 aromatic heterocycles. The van der Waals surface area contributed by atoms with Gasteiger partial charge in [-0.2, -0.15) is 11.8 Å². The van der Waals surface area contributed by atoms with Crippen LogP contribution in [0.3, 0.4) is 0 Å². The van der Waals surface area contributed by atoms with Gasteiger partial charge in [0.1, 0.15) is 6.04 Å². The zero-order valence-electron chi connectivity index (χ0n) is 9.94. The Kier molecular flexibility index (Phi) is 9.09. The summed E-state index contributed by atoms with van der Waals surface area (Å²) in [4.78, 5) is 20.9. The number of nitrogens with one attached hydrogen (secondary N) is 1. The molecule has 1 amide bonds. The van der Waals surface area contributed by atoms with E-state index in [9.17, 15) is 9.59 Å². The van der Waals surface area contributed by atoms with Gasteiger partial charge in [-0.1, -0.05) is 26.7 Å². The first-order valence-electron chi connectivity index (χ1n) is 5.62. The molecule has 0 aliphatic rings. The summed E-state index contributed by atoms with van der Waals surface area (Å²) in [6.07, 6.45) is 3.33. The van der Waals surface area contributed by atoms with E-state index in [2.05, 4.69) is 19.2 Å².